The SMILES string of the molecule is C[C@@H](O)c1cc(F)ccc1-n1cccn1. The van der Waals surface area contributed by atoms with Gasteiger partial charge in [-0.25, -0.2) is 9.07 Å². The summed E-state index contributed by atoms with van der Waals surface area (Å²) in [5.74, 6) is -0.359. The Morgan fingerprint density at radius 2 is 2.27 bits per heavy atom. The molecule has 0 unspecified atom stereocenters. The van der Waals surface area contributed by atoms with Gasteiger partial charge < -0.3 is 5.11 Å². The number of halogens is 1. The van der Waals surface area contributed by atoms with Crippen LogP contribution in [0.15, 0.2) is 36.7 Å². The third-order valence-corrected chi connectivity index (χ3v) is 2.19. The Morgan fingerprint density at radius 3 is 2.87 bits per heavy atom. The zero-order valence-corrected chi connectivity index (χ0v) is 8.26. The average Bonchev–Trinajstić information content (AvgIpc) is 2.70. The number of aliphatic hydroxyl groups is 1. The maximum atomic E-state index is 13.0. The molecule has 0 spiro atoms. The van der Waals surface area contributed by atoms with E-state index in [0.29, 0.717) is 11.3 Å². The first-order valence-electron chi connectivity index (χ1n) is 4.66. The van der Waals surface area contributed by atoms with Gasteiger partial charge in [0.05, 0.1) is 11.8 Å². The number of aliphatic hydroxyl groups excluding tert-OH is 1. The number of aromatic nitrogens is 2. The lowest BCUT2D eigenvalue weighted by molar-refractivity contribution is 0.198. The van der Waals surface area contributed by atoms with Gasteiger partial charge in [-0.15, -0.1) is 0 Å². The summed E-state index contributed by atoms with van der Waals surface area (Å²) in [6.45, 7) is 1.60. The van der Waals surface area contributed by atoms with Crippen molar-refractivity contribution in [1.29, 1.82) is 0 Å². The zero-order chi connectivity index (χ0) is 10.8. The Kier molecular flexibility index (Phi) is 2.51. The molecule has 4 heteroatoms. The summed E-state index contributed by atoms with van der Waals surface area (Å²) in [5.41, 5.74) is 1.22. The van der Waals surface area contributed by atoms with E-state index >= 15 is 0 Å². The molecule has 2 rings (SSSR count). The highest BCUT2D eigenvalue weighted by Gasteiger charge is 2.10. The Labute approximate surface area is 86.8 Å². The predicted octanol–water partition coefficient (Wildman–Crippen LogP) is 2.06. The summed E-state index contributed by atoms with van der Waals surface area (Å²) in [6.07, 6.45) is 2.66. The van der Waals surface area contributed by atoms with Gasteiger partial charge in [0.25, 0.3) is 0 Å². The van der Waals surface area contributed by atoms with Gasteiger partial charge in [-0.2, -0.15) is 5.10 Å². The highest BCUT2D eigenvalue weighted by Crippen LogP contribution is 2.21. The molecule has 1 aromatic carbocycles. The topological polar surface area (TPSA) is 38.0 Å². The normalized spacial score (nSPS) is 12.7. The summed E-state index contributed by atoms with van der Waals surface area (Å²) in [6, 6.07) is 6.05. The fourth-order valence-corrected chi connectivity index (χ4v) is 1.48. The molecule has 0 aliphatic heterocycles. The van der Waals surface area contributed by atoms with E-state index in [0.717, 1.165) is 0 Å². The fraction of sp³-hybridized carbons (Fsp3) is 0.182. The van der Waals surface area contributed by atoms with Gasteiger partial charge in [-0.05, 0) is 31.2 Å². The molecule has 3 nitrogen and oxygen atoms in total. The van der Waals surface area contributed by atoms with Crippen molar-refractivity contribution in [3.05, 3.63) is 48.0 Å². The van der Waals surface area contributed by atoms with Crippen molar-refractivity contribution in [3.63, 3.8) is 0 Å². The quantitative estimate of drug-likeness (QED) is 0.816. The van der Waals surface area contributed by atoms with E-state index in [4.69, 9.17) is 0 Å². The molecule has 2 aromatic rings. The molecule has 15 heavy (non-hydrogen) atoms. The van der Waals surface area contributed by atoms with Crippen molar-refractivity contribution in [2.45, 2.75) is 13.0 Å². The van der Waals surface area contributed by atoms with E-state index in [1.54, 1.807) is 36.1 Å². The lowest BCUT2D eigenvalue weighted by Crippen LogP contribution is -2.03. The summed E-state index contributed by atoms with van der Waals surface area (Å²) < 4.78 is 14.6. The molecule has 0 radical (unpaired) electrons. The summed E-state index contributed by atoms with van der Waals surface area (Å²) >= 11 is 0. The first-order chi connectivity index (χ1) is 7.18. The molecule has 1 aromatic heterocycles. The molecular weight excluding hydrogens is 195 g/mol. The molecule has 0 saturated heterocycles. The number of hydrogen-bond donors (Lipinski definition) is 1. The molecule has 0 amide bonds. The maximum absolute atomic E-state index is 13.0. The van der Waals surface area contributed by atoms with Crippen molar-refractivity contribution >= 4 is 0 Å². The third kappa shape index (κ3) is 1.89. The van der Waals surface area contributed by atoms with Crippen molar-refractivity contribution in [2.24, 2.45) is 0 Å². The van der Waals surface area contributed by atoms with Crippen LogP contribution < -0.4 is 0 Å². The molecule has 0 aliphatic rings. The van der Waals surface area contributed by atoms with Crippen molar-refractivity contribution in [2.75, 3.05) is 0 Å². The van der Waals surface area contributed by atoms with Crippen LogP contribution in [0.1, 0.15) is 18.6 Å². The van der Waals surface area contributed by atoms with Crippen molar-refractivity contribution < 1.29 is 9.50 Å². The van der Waals surface area contributed by atoms with Gasteiger partial charge in [0, 0.05) is 18.0 Å². The molecule has 1 atom stereocenters. The second-order valence-corrected chi connectivity index (χ2v) is 3.33. The van der Waals surface area contributed by atoms with Crippen LogP contribution in [0.5, 0.6) is 0 Å². The first-order valence-corrected chi connectivity index (χ1v) is 4.66. The Hall–Kier alpha value is -1.68. The van der Waals surface area contributed by atoms with E-state index in [1.807, 2.05) is 0 Å². The summed E-state index contributed by atoms with van der Waals surface area (Å²) in [7, 11) is 0. The lowest BCUT2D eigenvalue weighted by Gasteiger charge is -2.11. The molecule has 1 N–H and O–H groups in total. The van der Waals surface area contributed by atoms with Gasteiger partial charge >= 0.3 is 0 Å². The largest absolute Gasteiger partial charge is 0.389 e. The second-order valence-electron chi connectivity index (χ2n) is 3.33. The van der Waals surface area contributed by atoms with E-state index in [1.165, 1.54) is 12.1 Å². The van der Waals surface area contributed by atoms with E-state index < -0.39 is 6.10 Å². The highest BCUT2D eigenvalue weighted by atomic mass is 19.1. The number of rotatable bonds is 2. The molecular formula is C11H11FN2O. The van der Waals surface area contributed by atoms with Gasteiger partial charge in [0.2, 0.25) is 0 Å². The molecule has 0 fully saturated rings. The Morgan fingerprint density at radius 1 is 1.47 bits per heavy atom. The molecule has 0 aliphatic carbocycles. The lowest BCUT2D eigenvalue weighted by atomic mass is 10.1. The van der Waals surface area contributed by atoms with Gasteiger partial charge in [-0.1, -0.05) is 0 Å². The van der Waals surface area contributed by atoms with E-state index in [2.05, 4.69) is 5.10 Å². The minimum Gasteiger partial charge on any atom is -0.389 e. The fourth-order valence-electron chi connectivity index (χ4n) is 1.48. The summed E-state index contributed by atoms with van der Waals surface area (Å²) in [4.78, 5) is 0. The molecule has 0 saturated carbocycles. The Balaban J connectivity index is 2.56. The molecule has 0 bridgehead atoms. The van der Waals surface area contributed by atoms with Crippen LogP contribution in [0.25, 0.3) is 5.69 Å². The minimum absolute atomic E-state index is 0.359. The smallest absolute Gasteiger partial charge is 0.123 e. The maximum Gasteiger partial charge on any atom is 0.123 e. The van der Waals surface area contributed by atoms with Crippen LogP contribution in [0.2, 0.25) is 0 Å². The number of benzene rings is 1. The van der Waals surface area contributed by atoms with Crippen LogP contribution in [-0.2, 0) is 0 Å². The van der Waals surface area contributed by atoms with E-state index in [9.17, 15) is 9.50 Å². The first kappa shape index (κ1) is 9.86. The predicted molar refractivity (Wildman–Crippen MR) is 54.2 cm³/mol. The van der Waals surface area contributed by atoms with Crippen LogP contribution in [0.4, 0.5) is 4.39 Å². The number of hydrogen-bond acceptors (Lipinski definition) is 2. The zero-order valence-electron chi connectivity index (χ0n) is 8.26. The van der Waals surface area contributed by atoms with Crippen LogP contribution >= 0.6 is 0 Å². The molecule has 78 valence electrons. The molecule has 1 heterocycles. The van der Waals surface area contributed by atoms with Crippen molar-refractivity contribution in [1.82, 2.24) is 9.78 Å². The second kappa shape index (κ2) is 3.82. The standard InChI is InChI=1S/C11H11FN2O/c1-8(15)10-7-9(12)3-4-11(10)14-6-2-5-13-14/h2-8,15H,1H3/t8-/m1/s1. The van der Waals surface area contributed by atoms with Gasteiger partial charge in [0.15, 0.2) is 0 Å². The summed E-state index contributed by atoms with van der Waals surface area (Å²) in [5, 5.41) is 13.6. The van der Waals surface area contributed by atoms with Crippen LogP contribution in [0, 0.1) is 5.82 Å². The van der Waals surface area contributed by atoms with Gasteiger partial charge in [0.1, 0.15) is 5.82 Å². The highest BCUT2D eigenvalue weighted by molar-refractivity contribution is 5.41. The third-order valence-electron chi connectivity index (χ3n) is 2.19. The van der Waals surface area contributed by atoms with Crippen molar-refractivity contribution in [3.8, 4) is 5.69 Å². The monoisotopic (exact) mass is 206 g/mol. The van der Waals surface area contributed by atoms with Gasteiger partial charge in [-0.3, -0.25) is 0 Å². The van der Waals surface area contributed by atoms with Crippen LogP contribution in [-0.4, -0.2) is 14.9 Å². The Bertz CT molecular complexity index is 452. The van der Waals surface area contributed by atoms with Crippen LogP contribution in [0.3, 0.4) is 0 Å². The average molecular weight is 206 g/mol. The minimum atomic E-state index is -0.722. The number of nitrogens with zero attached hydrogens (tertiary/aromatic N) is 2. The van der Waals surface area contributed by atoms with E-state index in [-0.39, 0.29) is 5.82 Å².